The van der Waals surface area contributed by atoms with Crippen molar-refractivity contribution >= 4 is 22.7 Å². The first-order valence-electron chi connectivity index (χ1n) is 13.6. The molecule has 1 saturated heterocycles. The van der Waals surface area contributed by atoms with E-state index in [1.807, 2.05) is 28.3 Å². The van der Waals surface area contributed by atoms with E-state index in [4.69, 9.17) is 15.7 Å². The van der Waals surface area contributed by atoms with Crippen LogP contribution in [-0.4, -0.2) is 45.0 Å². The van der Waals surface area contributed by atoms with Gasteiger partial charge in [0.25, 0.3) is 5.56 Å². The van der Waals surface area contributed by atoms with Crippen LogP contribution in [0.2, 0.25) is 0 Å². The van der Waals surface area contributed by atoms with E-state index in [0.29, 0.717) is 30.6 Å². The summed E-state index contributed by atoms with van der Waals surface area (Å²) < 4.78 is 3.83. The molecule has 7 nitrogen and oxygen atoms in total. The second kappa shape index (κ2) is 9.74. The number of fused-ring (bicyclic) bond motifs is 3. The van der Waals surface area contributed by atoms with E-state index >= 15 is 0 Å². The van der Waals surface area contributed by atoms with E-state index in [9.17, 15) is 4.79 Å². The SMILES string of the molecule is CC#CCn1c(N2CCCC(N)C2)nc2ccn(CC3=NC4CCCCC4C4=C3CCC=C4)c(=O)c21. The van der Waals surface area contributed by atoms with Crippen molar-refractivity contribution in [2.75, 3.05) is 18.0 Å². The molecule has 3 unspecified atom stereocenters. The zero-order chi connectivity index (χ0) is 24.6. The Bertz CT molecular complexity index is 1380. The summed E-state index contributed by atoms with van der Waals surface area (Å²) in [6, 6.07) is 2.46. The number of piperidine rings is 1. The molecule has 2 aromatic heterocycles. The van der Waals surface area contributed by atoms with Gasteiger partial charge in [0.2, 0.25) is 5.95 Å². The van der Waals surface area contributed by atoms with Crippen LogP contribution in [0.5, 0.6) is 0 Å². The topological polar surface area (TPSA) is 81.4 Å². The quantitative estimate of drug-likeness (QED) is 0.669. The van der Waals surface area contributed by atoms with E-state index in [2.05, 4.69) is 28.9 Å². The van der Waals surface area contributed by atoms with Crippen LogP contribution in [0.4, 0.5) is 5.95 Å². The van der Waals surface area contributed by atoms with Crippen LogP contribution < -0.4 is 16.2 Å². The fraction of sp³-hybridized carbons (Fsp3) is 0.552. The highest BCUT2D eigenvalue weighted by atomic mass is 16.1. The Morgan fingerprint density at radius 2 is 2.08 bits per heavy atom. The number of aromatic nitrogens is 3. The highest BCUT2D eigenvalue weighted by Gasteiger charge is 2.34. The highest BCUT2D eigenvalue weighted by Crippen LogP contribution is 2.40. The van der Waals surface area contributed by atoms with E-state index in [1.54, 1.807) is 0 Å². The molecular weight excluding hydrogens is 448 g/mol. The van der Waals surface area contributed by atoms with Gasteiger partial charge < -0.3 is 15.2 Å². The maximum atomic E-state index is 13.9. The number of nitrogens with two attached hydrogens (primary N) is 1. The average Bonchev–Trinajstić information content (AvgIpc) is 3.28. The molecule has 188 valence electrons. The van der Waals surface area contributed by atoms with Gasteiger partial charge in [-0.3, -0.25) is 14.4 Å². The zero-order valence-corrected chi connectivity index (χ0v) is 21.2. The molecule has 2 N–H and O–H groups in total. The lowest BCUT2D eigenvalue weighted by Crippen LogP contribution is -2.44. The summed E-state index contributed by atoms with van der Waals surface area (Å²) in [5, 5.41) is 0. The van der Waals surface area contributed by atoms with Crippen molar-refractivity contribution < 1.29 is 0 Å². The third-order valence-electron chi connectivity index (χ3n) is 8.33. The number of dihydropyridines is 1. The number of aliphatic imine (C=N–C) groups is 1. The largest absolute Gasteiger partial charge is 0.341 e. The second-order valence-corrected chi connectivity index (χ2v) is 10.7. The molecule has 2 aliphatic heterocycles. The first-order valence-corrected chi connectivity index (χ1v) is 13.6. The molecule has 4 aliphatic rings. The molecule has 7 heteroatoms. The summed E-state index contributed by atoms with van der Waals surface area (Å²) in [6.45, 7) is 4.43. The van der Waals surface area contributed by atoms with Gasteiger partial charge in [0.15, 0.2) is 0 Å². The van der Waals surface area contributed by atoms with Gasteiger partial charge in [0.05, 0.1) is 30.4 Å². The third kappa shape index (κ3) is 4.12. The number of rotatable bonds is 4. The van der Waals surface area contributed by atoms with Crippen molar-refractivity contribution in [2.45, 2.75) is 83.5 Å². The maximum absolute atomic E-state index is 13.9. The molecule has 2 fully saturated rings. The Morgan fingerprint density at radius 1 is 1.19 bits per heavy atom. The Morgan fingerprint density at radius 3 is 2.94 bits per heavy atom. The van der Waals surface area contributed by atoms with Crippen molar-refractivity contribution in [3.8, 4) is 11.8 Å². The number of hydrogen-bond donors (Lipinski definition) is 1. The van der Waals surface area contributed by atoms with E-state index in [0.717, 1.165) is 62.4 Å². The van der Waals surface area contributed by atoms with Gasteiger partial charge in [-0.2, -0.15) is 0 Å². The smallest absolute Gasteiger partial charge is 0.277 e. The molecule has 0 aromatic carbocycles. The zero-order valence-electron chi connectivity index (χ0n) is 21.2. The van der Waals surface area contributed by atoms with Gasteiger partial charge in [-0.25, -0.2) is 4.98 Å². The Labute approximate surface area is 212 Å². The summed E-state index contributed by atoms with van der Waals surface area (Å²) in [5.74, 6) is 7.50. The molecule has 4 heterocycles. The summed E-state index contributed by atoms with van der Waals surface area (Å²) in [7, 11) is 0. The van der Waals surface area contributed by atoms with E-state index in [-0.39, 0.29) is 11.6 Å². The van der Waals surface area contributed by atoms with Gasteiger partial charge in [0, 0.05) is 31.2 Å². The van der Waals surface area contributed by atoms with Crippen LogP contribution in [0, 0.1) is 17.8 Å². The van der Waals surface area contributed by atoms with Crippen molar-refractivity contribution in [2.24, 2.45) is 16.6 Å². The van der Waals surface area contributed by atoms with E-state index in [1.165, 1.54) is 30.4 Å². The molecule has 1 saturated carbocycles. The first kappa shape index (κ1) is 23.3. The molecular formula is C29H36N6O. The molecule has 0 bridgehead atoms. The fourth-order valence-electron chi connectivity index (χ4n) is 6.58. The summed E-state index contributed by atoms with van der Waals surface area (Å²) >= 11 is 0. The summed E-state index contributed by atoms with van der Waals surface area (Å²) in [4.78, 5) is 26.3. The molecule has 2 aliphatic carbocycles. The van der Waals surface area contributed by atoms with Gasteiger partial charge in [-0.05, 0) is 62.7 Å². The van der Waals surface area contributed by atoms with Crippen LogP contribution in [0.3, 0.4) is 0 Å². The average molecular weight is 485 g/mol. The lowest BCUT2D eigenvalue weighted by molar-refractivity contribution is 0.346. The fourth-order valence-corrected chi connectivity index (χ4v) is 6.58. The summed E-state index contributed by atoms with van der Waals surface area (Å²) in [5.41, 5.74) is 11.6. The van der Waals surface area contributed by atoms with Crippen molar-refractivity contribution in [3.63, 3.8) is 0 Å². The molecule has 0 amide bonds. The van der Waals surface area contributed by atoms with Gasteiger partial charge in [-0.15, -0.1) is 5.92 Å². The minimum Gasteiger partial charge on any atom is -0.341 e. The van der Waals surface area contributed by atoms with Crippen LogP contribution in [0.25, 0.3) is 11.0 Å². The van der Waals surface area contributed by atoms with Crippen molar-refractivity contribution in [1.82, 2.24) is 14.1 Å². The number of allylic oxidation sites excluding steroid dienone is 3. The Hall–Kier alpha value is -3.11. The molecule has 3 atom stereocenters. The standard InChI is InChI=1S/C29H36N6O/c1-2-3-16-35-27-25(32-29(35)34-15-8-9-20(30)18-34)14-17-33(28(27)36)19-26-23-12-5-4-10-21(23)22-11-6-7-13-24(22)31-26/h4,10,14,17,20,22,24H,5-9,11-13,15-16,18-19,30H2,1H3. The number of imidazole rings is 1. The van der Waals surface area contributed by atoms with Crippen LogP contribution in [-0.2, 0) is 13.1 Å². The Kier molecular flexibility index (Phi) is 6.30. The van der Waals surface area contributed by atoms with Crippen molar-refractivity contribution in [1.29, 1.82) is 0 Å². The molecule has 2 aromatic rings. The molecule has 6 rings (SSSR count). The number of hydrogen-bond acceptors (Lipinski definition) is 5. The van der Waals surface area contributed by atoms with Gasteiger partial charge >= 0.3 is 0 Å². The minimum absolute atomic E-state index is 0.0209. The predicted octanol–water partition coefficient (Wildman–Crippen LogP) is 3.81. The number of nitrogens with zero attached hydrogens (tertiary/aromatic N) is 5. The lowest BCUT2D eigenvalue weighted by atomic mass is 9.73. The van der Waals surface area contributed by atoms with Crippen LogP contribution >= 0.6 is 0 Å². The lowest BCUT2D eigenvalue weighted by Gasteiger charge is -2.37. The molecule has 36 heavy (non-hydrogen) atoms. The molecule has 0 radical (unpaired) electrons. The van der Waals surface area contributed by atoms with Gasteiger partial charge in [-0.1, -0.05) is 30.9 Å². The third-order valence-corrected chi connectivity index (χ3v) is 8.33. The first-order chi connectivity index (χ1) is 17.6. The normalized spacial score (nSPS) is 25.8. The number of anilines is 1. The van der Waals surface area contributed by atoms with Crippen LogP contribution in [0.15, 0.2) is 45.3 Å². The van der Waals surface area contributed by atoms with Crippen LogP contribution in [0.1, 0.15) is 58.3 Å². The van der Waals surface area contributed by atoms with Gasteiger partial charge in [0.1, 0.15) is 5.52 Å². The van der Waals surface area contributed by atoms with E-state index < -0.39 is 0 Å². The monoisotopic (exact) mass is 484 g/mol. The summed E-state index contributed by atoms with van der Waals surface area (Å²) in [6.07, 6.45) is 15.6. The van der Waals surface area contributed by atoms with Crippen molar-refractivity contribution in [3.05, 3.63) is 45.9 Å². The number of pyridine rings is 1. The maximum Gasteiger partial charge on any atom is 0.277 e. The predicted molar refractivity (Wildman–Crippen MR) is 145 cm³/mol. The minimum atomic E-state index is -0.0209. The highest BCUT2D eigenvalue weighted by molar-refractivity contribution is 6.02. The second-order valence-electron chi connectivity index (χ2n) is 10.7. The molecule has 0 spiro atoms. The Balaban J connectivity index is 1.40.